The number of hydrogen-bond acceptors (Lipinski definition) is 5. The maximum absolute atomic E-state index is 10.6. The third-order valence-electron chi connectivity index (χ3n) is 1.34. The van der Waals surface area contributed by atoms with Crippen LogP contribution in [0.5, 0.6) is 0 Å². The van der Waals surface area contributed by atoms with E-state index in [0.717, 1.165) is 0 Å². The highest BCUT2D eigenvalue weighted by Crippen LogP contribution is 2.46. The van der Waals surface area contributed by atoms with E-state index in [4.69, 9.17) is 31.0 Å². The number of hydrogen-bond donors (Lipinski definition) is 6. The summed E-state index contributed by atoms with van der Waals surface area (Å²) in [5, 5.41) is 0. The summed E-state index contributed by atoms with van der Waals surface area (Å²) in [5.41, 5.74) is 8.25. The van der Waals surface area contributed by atoms with Crippen LogP contribution >= 0.6 is 15.4 Å². The van der Waals surface area contributed by atoms with Crippen LogP contribution in [-0.4, -0.2) is 38.0 Å². The molecule has 0 aliphatic carbocycles. The summed E-state index contributed by atoms with van der Waals surface area (Å²) < 4.78 is 25.3. The summed E-state index contributed by atoms with van der Waals surface area (Å²) in [6, 6.07) is 0. The van der Waals surface area contributed by atoms with Crippen molar-refractivity contribution in [2.45, 2.75) is 12.1 Å². The van der Waals surface area contributed by atoms with Gasteiger partial charge in [-0.1, -0.05) is 0 Å². The van der Waals surface area contributed by atoms with E-state index in [9.17, 15) is 9.13 Å². The first-order valence-corrected chi connectivity index (χ1v) is 7.10. The Hall–Kier alpha value is 0.180. The van der Waals surface area contributed by atoms with Gasteiger partial charge in [0, 0.05) is 6.42 Å². The highest BCUT2D eigenvalue weighted by atomic mass is 31.2. The lowest BCUT2D eigenvalue weighted by Crippen LogP contribution is -2.47. The van der Waals surface area contributed by atoms with Crippen LogP contribution in [0.25, 0.3) is 0 Å². The lowest BCUT2D eigenvalue weighted by atomic mass is 10.2. The molecular formula is C4H14N2O7P2. The highest BCUT2D eigenvalue weighted by Gasteiger charge is 2.39. The van der Waals surface area contributed by atoms with Gasteiger partial charge >= 0.3 is 15.4 Å². The minimum absolute atomic E-state index is 0.128. The van der Waals surface area contributed by atoms with Gasteiger partial charge in [-0.15, -0.1) is 0 Å². The lowest BCUT2D eigenvalue weighted by Gasteiger charge is -2.29. The normalized spacial score (nSPS) is 17.5. The Kier molecular flexibility index (Phi) is 5.07. The van der Waals surface area contributed by atoms with E-state index in [-0.39, 0.29) is 13.0 Å². The molecule has 0 aromatic heterocycles. The number of phosphoric acid groups is 1. The van der Waals surface area contributed by atoms with Crippen LogP contribution in [0.2, 0.25) is 0 Å². The second-order valence-corrected chi connectivity index (χ2v) is 5.82. The zero-order valence-electron chi connectivity index (χ0n) is 7.68. The molecule has 1 atom stereocenters. The molecule has 92 valence electrons. The van der Waals surface area contributed by atoms with Crippen molar-refractivity contribution in [3.8, 4) is 0 Å². The summed E-state index contributed by atoms with van der Waals surface area (Å²) in [7, 11) is -9.48. The highest BCUT2D eigenvalue weighted by molar-refractivity contribution is 7.52. The van der Waals surface area contributed by atoms with Gasteiger partial charge in [0.1, 0.15) is 5.72 Å². The van der Waals surface area contributed by atoms with E-state index in [1.165, 1.54) is 0 Å². The average molecular weight is 264 g/mol. The predicted molar refractivity (Wildman–Crippen MR) is 50.6 cm³/mol. The molecular weight excluding hydrogens is 250 g/mol. The summed E-state index contributed by atoms with van der Waals surface area (Å²) in [4.78, 5) is 34.3. The third kappa shape index (κ3) is 8.04. The number of nitrogens with two attached hydrogens (primary N) is 2. The van der Waals surface area contributed by atoms with Gasteiger partial charge in [0.05, 0.1) is 6.16 Å². The lowest BCUT2D eigenvalue weighted by molar-refractivity contribution is 0.0488. The van der Waals surface area contributed by atoms with Gasteiger partial charge in [-0.25, -0.2) is 4.57 Å². The summed E-state index contributed by atoms with van der Waals surface area (Å²) in [5.74, 6) is 0. The number of phosphoric ester groups is 1. The summed E-state index contributed by atoms with van der Waals surface area (Å²) in [6.45, 7) is -0.128. The second-order valence-electron chi connectivity index (χ2n) is 3.01. The van der Waals surface area contributed by atoms with Crippen LogP contribution in [0.3, 0.4) is 0 Å². The van der Waals surface area contributed by atoms with E-state index in [1.807, 2.05) is 0 Å². The largest absolute Gasteiger partial charge is 0.471 e. The van der Waals surface area contributed by atoms with Crippen LogP contribution in [0.4, 0.5) is 0 Å². The van der Waals surface area contributed by atoms with Crippen LogP contribution in [0, 0.1) is 0 Å². The van der Waals surface area contributed by atoms with Gasteiger partial charge in [-0.2, -0.15) is 0 Å². The van der Waals surface area contributed by atoms with Crippen molar-refractivity contribution in [3.05, 3.63) is 0 Å². The van der Waals surface area contributed by atoms with E-state index in [1.54, 1.807) is 0 Å². The molecule has 0 aromatic carbocycles. The molecule has 0 aliphatic heterocycles. The molecule has 0 bridgehead atoms. The first-order chi connectivity index (χ1) is 6.47. The van der Waals surface area contributed by atoms with Crippen LogP contribution in [0.1, 0.15) is 6.42 Å². The van der Waals surface area contributed by atoms with E-state index >= 15 is 0 Å². The molecule has 0 radical (unpaired) electrons. The van der Waals surface area contributed by atoms with Gasteiger partial charge in [-0.05, 0) is 6.54 Å². The molecule has 9 nitrogen and oxygen atoms in total. The molecule has 0 aromatic rings. The van der Waals surface area contributed by atoms with Crippen molar-refractivity contribution in [1.29, 1.82) is 0 Å². The molecule has 0 rings (SSSR count). The molecule has 0 saturated heterocycles. The minimum atomic E-state index is -4.93. The maximum atomic E-state index is 10.6. The first kappa shape index (κ1) is 15.2. The van der Waals surface area contributed by atoms with Crippen molar-refractivity contribution >= 4 is 15.4 Å². The average Bonchev–Trinajstić information content (AvgIpc) is 1.74. The summed E-state index contributed by atoms with van der Waals surface area (Å²) >= 11 is 0. The second kappa shape index (κ2) is 5.01. The zero-order valence-corrected chi connectivity index (χ0v) is 9.47. The van der Waals surface area contributed by atoms with Crippen molar-refractivity contribution in [3.63, 3.8) is 0 Å². The van der Waals surface area contributed by atoms with E-state index in [2.05, 4.69) is 4.52 Å². The monoisotopic (exact) mass is 264 g/mol. The van der Waals surface area contributed by atoms with Crippen LogP contribution in [0.15, 0.2) is 0 Å². The van der Waals surface area contributed by atoms with Gasteiger partial charge in [0.25, 0.3) is 0 Å². The van der Waals surface area contributed by atoms with Crippen molar-refractivity contribution in [2.24, 2.45) is 11.5 Å². The van der Waals surface area contributed by atoms with Crippen molar-refractivity contribution < 1.29 is 33.2 Å². The molecule has 0 fully saturated rings. The van der Waals surface area contributed by atoms with Gasteiger partial charge < -0.3 is 31.0 Å². The smallest absolute Gasteiger partial charge is 0.330 e. The molecule has 1 unspecified atom stereocenters. The zero-order chi connectivity index (χ0) is 12.3. The first-order valence-electron chi connectivity index (χ1n) is 3.77. The van der Waals surface area contributed by atoms with E-state index in [0.29, 0.717) is 0 Å². The van der Waals surface area contributed by atoms with Gasteiger partial charge in [0.15, 0.2) is 0 Å². The summed E-state index contributed by atoms with van der Waals surface area (Å²) in [6.07, 6.45) is -1.30. The van der Waals surface area contributed by atoms with Gasteiger partial charge in [-0.3, -0.25) is 9.09 Å². The SMILES string of the molecule is NCCC(N)(CP(=O)(O)O)OP(=O)(O)O. The molecule has 15 heavy (non-hydrogen) atoms. The molecule has 11 heteroatoms. The minimum Gasteiger partial charge on any atom is -0.330 e. The Bertz CT molecular complexity index is 271. The quantitative estimate of drug-likeness (QED) is 0.240. The third-order valence-corrected chi connectivity index (χ3v) is 2.89. The van der Waals surface area contributed by atoms with E-state index < -0.39 is 27.3 Å². The number of rotatable bonds is 6. The molecule has 0 heterocycles. The fourth-order valence-corrected chi connectivity index (χ4v) is 2.63. The Balaban J connectivity index is 4.75. The van der Waals surface area contributed by atoms with Crippen molar-refractivity contribution in [1.82, 2.24) is 0 Å². The molecule has 0 spiro atoms. The molecule has 0 saturated carbocycles. The Labute approximate surface area is 85.8 Å². The van der Waals surface area contributed by atoms with Crippen LogP contribution < -0.4 is 11.5 Å². The Morgan fingerprint density at radius 1 is 1.20 bits per heavy atom. The molecule has 0 aliphatic rings. The Morgan fingerprint density at radius 3 is 1.93 bits per heavy atom. The Morgan fingerprint density at radius 2 is 1.67 bits per heavy atom. The fourth-order valence-electron chi connectivity index (χ4n) is 0.983. The maximum Gasteiger partial charge on any atom is 0.471 e. The predicted octanol–water partition coefficient (Wildman–Crippen LogP) is -1.72. The van der Waals surface area contributed by atoms with Crippen LogP contribution in [-0.2, 0) is 13.7 Å². The van der Waals surface area contributed by atoms with Gasteiger partial charge in [0.2, 0.25) is 0 Å². The topological polar surface area (TPSA) is 176 Å². The fraction of sp³-hybridized carbons (Fsp3) is 1.00. The molecule has 0 amide bonds. The standard InChI is InChI=1S/C4H14N2O7P2/c5-2-1-4(6,3-14(7,8)9)13-15(10,11)12/h1-3,5-6H2,(H2,7,8,9)(H2,10,11,12). The molecule has 8 N–H and O–H groups in total. The van der Waals surface area contributed by atoms with Crippen molar-refractivity contribution in [2.75, 3.05) is 12.7 Å².